The molecule has 0 bridgehead atoms. The van der Waals surface area contributed by atoms with Gasteiger partial charge in [-0.25, -0.2) is 0 Å². The molecule has 1 N–H and O–H groups in total. The average Bonchev–Trinajstić information content (AvgIpc) is 2.56. The predicted octanol–water partition coefficient (Wildman–Crippen LogP) is 4.28. The summed E-state index contributed by atoms with van der Waals surface area (Å²) in [5, 5.41) is 9.29. The van der Waals surface area contributed by atoms with Gasteiger partial charge in [-0.2, -0.15) is 0 Å². The van der Waals surface area contributed by atoms with Crippen LogP contribution in [-0.2, 0) is 12.8 Å². The van der Waals surface area contributed by atoms with Crippen LogP contribution in [0.15, 0.2) is 54.6 Å². The summed E-state index contributed by atoms with van der Waals surface area (Å²) in [6.07, 6.45) is 4.63. The predicted molar refractivity (Wildman–Crippen MR) is 93.3 cm³/mol. The Morgan fingerprint density at radius 3 is 1.86 bits per heavy atom. The van der Waals surface area contributed by atoms with Crippen molar-refractivity contribution in [2.45, 2.75) is 32.6 Å². The number of rotatable bonds is 9. The minimum atomic E-state index is 0.347. The number of aryl methyl sites for hydroxylation is 2. The third-order valence-corrected chi connectivity index (χ3v) is 4.11. The van der Waals surface area contributed by atoms with Gasteiger partial charge in [-0.1, -0.05) is 49.4 Å². The second-order valence-corrected chi connectivity index (χ2v) is 5.79. The molecule has 0 radical (unpaired) electrons. The highest BCUT2D eigenvalue weighted by atomic mass is 16.3. The highest BCUT2D eigenvalue weighted by Crippen LogP contribution is 2.11. The van der Waals surface area contributed by atoms with Crippen molar-refractivity contribution in [3.05, 3.63) is 65.7 Å². The smallest absolute Gasteiger partial charge is 0.115 e. The second-order valence-electron chi connectivity index (χ2n) is 5.79. The maximum Gasteiger partial charge on any atom is 0.115 e. The largest absolute Gasteiger partial charge is 0.508 e. The summed E-state index contributed by atoms with van der Waals surface area (Å²) in [7, 11) is 0. The highest BCUT2D eigenvalue weighted by Gasteiger charge is 2.03. The molecular weight excluding hydrogens is 270 g/mol. The van der Waals surface area contributed by atoms with Crippen LogP contribution in [0.2, 0.25) is 0 Å². The van der Waals surface area contributed by atoms with Crippen LogP contribution < -0.4 is 0 Å². The maximum atomic E-state index is 9.29. The van der Waals surface area contributed by atoms with Gasteiger partial charge in [0, 0.05) is 0 Å². The summed E-state index contributed by atoms with van der Waals surface area (Å²) >= 11 is 0. The van der Waals surface area contributed by atoms with Crippen molar-refractivity contribution in [2.75, 3.05) is 19.6 Å². The molecule has 0 fully saturated rings. The van der Waals surface area contributed by atoms with Crippen LogP contribution in [0.5, 0.6) is 5.75 Å². The Hall–Kier alpha value is -1.80. The molecule has 0 amide bonds. The van der Waals surface area contributed by atoms with Crippen LogP contribution in [-0.4, -0.2) is 29.6 Å². The second kappa shape index (κ2) is 9.26. The molecule has 0 aliphatic rings. The first-order valence-electron chi connectivity index (χ1n) is 8.32. The van der Waals surface area contributed by atoms with Crippen molar-refractivity contribution in [1.82, 2.24) is 4.90 Å². The molecule has 2 aromatic carbocycles. The van der Waals surface area contributed by atoms with E-state index >= 15 is 0 Å². The number of phenols is 1. The molecule has 22 heavy (non-hydrogen) atoms. The van der Waals surface area contributed by atoms with Crippen LogP contribution >= 0.6 is 0 Å². The fourth-order valence-corrected chi connectivity index (χ4v) is 2.75. The summed E-state index contributed by atoms with van der Waals surface area (Å²) in [6.45, 7) is 5.67. The van der Waals surface area contributed by atoms with Gasteiger partial charge in [0.25, 0.3) is 0 Å². The van der Waals surface area contributed by atoms with Crippen molar-refractivity contribution in [2.24, 2.45) is 0 Å². The fourth-order valence-electron chi connectivity index (χ4n) is 2.75. The number of benzene rings is 2. The molecule has 0 unspecified atom stereocenters. The molecule has 0 heterocycles. The van der Waals surface area contributed by atoms with E-state index in [4.69, 9.17) is 0 Å². The van der Waals surface area contributed by atoms with Crippen molar-refractivity contribution in [3.63, 3.8) is 0 Å². The van der Waals surface area contributed by atoms with E-state index < -0.39 is 0 Å². The zero-order valence-electron chi connectivity index (χ0n) is 13.5. The first-order chi connectivity index (χ1) is 10.8. The Balaban J connectivity index is 1.65. The normalized spacial score (nSPS) is 11.0. The van der Waals surface area contributed by atoms with E-state index in [1.54, 1.807) is 12.1 Å². The maximum absolute atomic E-state index is 9.29. The molecule has 2 aromatic rings. The van der Waals surface area contributed by atoms with Crippen LogP contribution in [0.3, 0.4) is 0 Å². The molecule has 2 heteroatoms. The minimum absolute atomic E-state index is 0.347. The van der Waals surface area contributed by atoms with E-state index in [1.807, 2.05) is 12.1 Å². The van der Waals surface area contributed by atoms with E-state index in [0.717, 1.165) is 25.9 Å². The molecule has 2 nitrogen and oxygen atoms in total. The van der Waals surface area contributed by atoms with Gasteiger partial charge in [0.1, 0.15) is 5.75 Å². The number of aromatic hydroxyl groups is 1. The molecule has 0 spiro atoms. The van der Waals surface area contributed by atoms with Gasteiger partial charge in [0.05, 0.1) is 0 Å². The fraction of sp³-hybridized carbons (Fsp3) is 0.400. The molecule has 0 aliphatic carbocycles. The minimum Gasteiger partial charge on any atom is -0.508 e. The van der Waals surface area contributed by atoms with Gasteiger partial charge in [-0.05, 0) is 68.6 Å². The molecule has 2 rings (SSSR count). The summed E-state index contributed by atoms with van der Waals surface area (Å²) < 4.78 is 0. The zero-order chi connectivity index (χ0) is 15.6. The van der Waals surface area contributed by atoms with Gasteiger partial charge in [0.2, 0.25) is 0 Å². The van der Waals surface area contributed by atoms with Crippen molar-refractivity contribution in [1.29, 1.82) is 0 Å². The Kier molecular flexibility index (Phi) is 6.98. The van der Waals surface area contributed by atoms with Gasteiger partial charge >= 0.3 is 0 Å². The van der Waals surface area contributed by atoms with E-state index in [1.165, 1.54) is 30.5 Å². The van der Waals surface area contributed by atoms with Gasteiger partial charge in [-0.3, -0.25) is 0 Å². The van der Waals surface area contributed by atoms with Crippen molar-refractivity contribution >= 4 is 0 Å². The Bertz CT molecular complexity index is 521. The van der Waals surface area contributed by atoms with Crippen molar-refractivity contribution < 1.29 is 5.11 Å². The molecule has 0 aromatic heterocycles. The standard InChI is InChI=1S/C20H27NO/c1-2-21(16-6-10-18-8-4-3-5-9-18)17-7-11-19-12-14-20(22)15-13-19/h3-5,8-9,12-15,22H,2,6-7,10-11,16-17H2,1H3. The molecule has 0 aliphatic heterocycles. The third-order valence-electron chi connectivity index (χ3n) is 4.11. The topological polar surface area (TPSA) is 23.5 Å². The van der Waals surface area contributed by atoms with E-state index in [2.05, 4.69) is 42.2 Å². The van der Waals surface area contributed by atoms with E-state index in [0.29, 0.717) is 5.75 Å². The summed E-state index contributed by atoms with van der Waals surface area (Å²) in [4.78, 5) is 2.53. The number of hydrogen-bond donors (Lipinski definition) is 1. The molecule has 0 atom stereocenters. The number of phenolic OH excluding ortho intramolecular Hbond substituents is 1. The van der Waals surface area contributed by atoms with Gasteiger partial charge in [-0.15, -0.1) is 0 Å². The Morgan fingerprint density at radius 2 is 1.32 bits per heavy atom. The molecule has 118 valence electrons. The monoisotopic (exact) mass is 297 g/mol. The highest BCUT2D eigenvalue weighted by molar-refractivity contribution is 5.25. The number of hydrogen-bond acceptors (Lipinski definition) is 2. The quantitative estimate of drug-likeness (QED) is 0.747. The first kappa shape index (κ1) is 16.6. The molecule has 0 saturated carbocycles. The summed E-state index contributed by atoms with van der Waals surface area (Å²) in [5.74, 6) is 0.347. The number of nitrogens with zero attached hydrogens (tertiary/aromatic N) is 1. The summed E-state index contributed by atoms with van der Waals surface area (Å²) in [6, 6.07) is 18.3. The van der Waals surface area contributed by atoms with Crippen LogP contribution in [0.25, 0.3) is 0 Å². The van der Waals surface area contributed by atoms with Gasteiger partial charge < -0.3 is 10.0 Å². The lowest BCUT2D eigenvalue weighted by atomic mass is 10.1. The van der Waals surface area contributed by atoms with Crippen molar-refractivity contribution in [3.8, 4) is 5.75 Å². The SMILES string of the molecule is CCN(CCCc1ccccc1)CCCc1ccc(O)cc1. The lowest BCUT2D eigenvalue weighted by Crippen LogP contribution is -2.26. The van der Waals surface area contributed by atoms with Crippen LogP contribution in [0.1, 0.15) is 30.9 Å². The summed E-state index contributed by atoms with van der Waals surface area (Å²) in [5.41, 5.74) is 2.74. The van der Waals surface area contributed by atoms with Crippen LogP contribution in [0, 0.1) is 0 Å². The Labute approximate surface area is 134 Å². The van der Waals surface area contributed by atoms with Crippen LogP contribution in [0.4, 0.5) is 0 Å². The Morgan fingerprint density at radius 1 is 0.773 bits per heavy atom. The molecular formula is C20H27NO. The average molecular weight is 297 g/mol. The lowest BCUT2D eigenvalue weighted by Gasteiger charge is -2.20. The first-order valence-corrected chi connectivity index (χ1v) is 8.32. The van der Waals surface area contributed by atoms with E-state index in [-0.39, 0.29) is 0 Å². The molecule has 0 saturated heterocycles. The van der Waals surface area contributed by atoms with E-state index in [9.17, 15) is 5.11 Å². The lowest BCUT2D eigenvalue weighted by molar-refractivity contribution is 0.281. The van der Waals surface area contributed by atoms with Gasteiger partial charge in [0.15, 0.2) is 0 Å². The zero-order valence-corrected chi connectivity index (χ0v) is 13.5. The third kappa shape index (κ3) is 5.90.